The molecular formula is C42H47ClFN9O6. The van der Waals surface area contributed by atoms with Crippen molar-refractivity contribution in [1.29, 1.82) is 5.26 Å². The molecule has 3 N–H and O–H groups in total. The minimum atomic E-state index is -0.873. The number of carbonyl (C=O) groups excluding carboxylic acids is 5. The van der Waals surface area contributed by atoms with E-state index in [0.29, 0.717) is 41.8 Å². The SMILES string of the molecule is CN(C(=O)c1cc(N2CCC(NC3CCN(c4cnc(C(=O)NC5CCC(Oc6ccc(C#N)c(Cl)c6)CC5)cn4)CC3)CC2)c(F)cc1C=O)C1CCC(=O)NC1=O. The van der Waals surface area contributed by atoms with Crippen LogP contribution in [0.4, 0.5) is 15.9 Å². The molecule has 310 valence electrons. The number of piperidine rings is 3. The molecule has 4 aliphatic rings. The van der Waals surface area contributed by atoms with Gasteiger partial charge in [-0.05, 0) is 82.1 Å². The molecule has 3 aliphatic heterocycles. The third-order valence-electron chi connectivity index (χ3n) is 11.8. The number of amides is 4. The fourth-order valence-electron chi connectivity index (χ4n) is 8.42. The van der Waals surface area contributed by atoms with Crippen molar-refractivity contribution < 1.29 is 33.1 Å². The number of aldehydes is 1. The molecule has 15 nitrogen and oxygen atoms in total. The first-order chi connectivity index (χ1) is 28.5. The summed E-state index contributed by atoms with van der Waals surface area (Å²) in [5, 5.41) is 18.5. The maximum atomic E-state index is 15.3. The molecule has 4 amide bonds. The topological polar surface area (TPSA) is 190 Å². The zero-order valence-electron chi connectivity index (χ0n) is 32.8. The first-order valence-corrected chi connectivity index (χ1v) is 20.5. The summed E-state index contributed by atoms with van der Waals surface area (Å²) in [5.41, 5.74) is 0.808. The van der Waals surface area contributed by atoms with Gasteiger partial charge < -0.3 is 30.1 Å². The van der Waals surface area contributed by atoms with E-state index in [2.05, 4.69) is 30.8 Å². The maximum Gasteiger partial charge on any atom is 0.271 e. The number of imide groups is 1. The minimum absolute atomic E-state index is 0.00180. The molecule has 0 spiro atoms. The Morgan fingerprint density at radius 1 is 0.949 bits per heavy atom. The summed E-state index contributed by atoms with van der Waals surface area (Å²) in [6.45, 7) is 2.64. The fraction of sp³-hybridized carbons (Fsp3) is 0.476. The largest absolute Gasteiger partial charge is 0.490 e. The van der Waals surface area contributed by atoms with Crippen LogP contribution in [0, 0.1) is 17.1 Å². The van der Waals surface area contributed by atoms with E-state index in [-0.39, 0.29) is 59.4 Å². The Morgan fingerprint density at radius 2 is 1.64 bits per heavy atom. The van der Waals surface area contributed by atoms with Gasteiger partial charge in [0.25, 0.3) is 11.8 Å². The van der Waals surface area contributed by atoms with Crippen LogP contribution in [0.25, 0.3) is 0 Å². The number of nitriles is 1. The number of likely N-dealkylation sites (N-methyl/N-ethyl adjacent to an activating group) is 1. The van der Waals surface area contributed by atoms with Crippen molar-refractivity contribution in [3.05, 3.63) is 75.9 Å². The molecule has 3 saturated heterocycles. The number of ether oxygens (including phenoxy) is 1. The van der Waals surface area contributed by atoms with Gasteiger partial charge in [0.15, 0.2) is 6.29 Å². The van der Waals surface area contributed by atoms with E-state index in [1.165, 1.54) is 24.2 Å². The predicted octanol–water partition coefficient (Wildman–Crippen LogP) is 4.18. The van der Waals surface area contributed by atoms with Crippen LogP contribution < -0.4 is 30.5 Å². The van der Waals surface area contributed by atoms with Gasteiger partial charge in [0.1, 0.15) is 35.2 Å². The summed E-state index contributed by atoms with van der Waals surface area (Å²) in [6.07, 6.45) is 10.2. The Morgan fingerprint density at radius 3 is 2.25 bits per heavy atom. The molecule has 1 atom stereocenters. The number of aromatic nitrogens is 2. The molecule has 4 heterocycles. The molecule has 1 aromatic heterocycles. The predicted molar refractivity (Wildman–Crippen MR) is 216 cm³/mol. The van der Waals surface area contributed by atoms with E-state index >= 15 is 4.39 Å². The maximum absolute atomic E-state index is 15.3. The van der Waals surface area contributed by atoms with E-state index in [0.717, 1.165) is 76.3 Å². The van der Waals surface area contributed by atoms with Crippen LogP contribution in [0.15, 0.2) is 42.7 Å². The number of rotatable bonds is 11. The van der Waals surface area contributed by atoms with Crippen molar-refractivity contribution in [3.8, 4) is 11.8 Å². The molecule has 7 rings (SSSR count). The summed E-state index contributed by atoms with van der Waals surface area (Å²) < 4.78 is 21.4. The number of hydrogen-bond acceptors (Lipinski definition) is 12. The van der Waals surface area contributed by atoms with Gasteiger partial charge in [-0.15, -0.1) is 0 Å². The Labute approximate surface area is 346 Å². The summed E-state index contributed by atoms with van der Waals surface area (Å²) in [7, 11) is 1.44. The highest BCUT2D eigenvalue weighted by molar-refractivity contribution is 6.31. The lowest BCUT2D eigenvalue weighted by Crippen LogP contribution is -2.53. The third-order valence-corrected chi connectivity index (χ3v) is 12.2. The van der Waals surface area contributed by atoms with Gasteiger partial charge in [-0.25, -0.2) is 14.4 Å². The number of hydrogen-bond donors (Lipinski definition) is 3. The van der Waals surface area contributed by atoms with Crippen LogP contribution in [0.5, 0.6) is 5.75 Å². The Balaban J connectivity index is 0.840. The second kappa shape index (κ2) is 18.5. The quantitative estimate of drug-likeness (QED) is 0.185. The highest BCUT2D eigenvalue weighted by Crippen LogP contribution is 2.30. The van der Waals surface area contributed by atoms with Crippen molar-refractivity contribution in [3.63, 3.8) is 0 Å². The molecule has 17 heteroatoms. The number of carbonyl (C=O) groups is 5. The van der Waals surface area contributed by atoms with Crippen molar-refractivity contribution in [2.45, 2.75) is 94.5 Å². The zero-order valence-corrected chi connectivity index (χ0v) is 33.5. The van der Waals surface area contributed by atoms with Crippen molar-refractivity contribution in [1.82, 2.24) is 30.8 Å². The zero-order chi connectivity index (χ0) is 41.6. The van der Waals surface area contributed by atoms with Gasteiger partial charge in [-0.1, -0.05) is 11.6 Å². The lowest BCUT2D eigenvalue weighted by Gasteiger charge is -2.39. The Bertz CT molecular complexity index is 2110. The Hall–Kier alpha value is -5.66. The Kier molecular flexibility index (Phi) is 13.0. The monoisotopic (exact) mass is 827 g/mol. The van der Waals surface area contributed by atoms with E-state index in [1.807, 2.05) is 11.0 Å². The number of nitrogens with zero attached hydrogens (tertiary/aromatic N) is 6. The number of anilines is 2. The van der Waals surface area contributed by atoms with E-state index in [1.54, 1.807) is 24.4 Å². The molecule has 59 heavy (non-hydrogen) atoms. The number of halogens is 2. The molecule has 2 aromatic carbocycles. The lowest BCUT2D eigenvalue weighted by molar-refractivity contribution is -0.136. The van der Waals surface area contributed by atoms with Crippen LogP contribution in [-0.4, -0.2) is 108 Å². The minimum Gasteiger partial charge on any atom is -0.490 e. The van der Waals surface area contributed by atoms with Crippen LogP contribution >= 0.6 is 11.6 Å². The molecule has 0 radical (unpaired) electrons. The fourth-order valence-corrected chi connectivity index (χ4v) is 8.63. The lowest BCUT2D eigenvalue weighted by atomic mass is 9.93. The second-order valence-electron chi connectivity index (χ2n) is 15.7. The number of benzene rings is 2. The smallest absolute Gasteiger partial charge is 0.271 e. The second-order valence-corrected chi connectivity index (χ2v) is 16.1. The first-order valence-electron chi connectivity index (χ1n) is 20.1. The average molecular weight is 828 g/mol. The first kappa shape index (κ1) is 41.5. The molecular weight excluding hydrogens is 781 g/mol. The van der Waals surface area contributed by atoms with Crippen LogP contribution in [0.2, 0.25) is 5.02 Å². The molecule has 3 aromatic rings. The van der Waals surface area contributed by atoms with Gasteiger partial charge in [-0.3, -0.25) is 29.3 Å². The summed E-state index contributed by atoms with van der Waals surface area (Å²) in [4.78, 5) is 76.6. The summed E-state index contributed by atoms with van der Waals surface area (Å²) in [5.74, 6) is -1.08. The van der Waals surface area contributed by atoms with Gasteiger partial charge in [-0.2, -0.15) is 5.26 Å². The molecule has 1 aliphatic carbocycles. The van der Waals surface area contributed by atoms with Crippen molar-refractivity contribution in [2.75, 3.05) is 43.0 Å². The van der Waals surface area contributed by atoms with E-state index in [4.69, 9.17) is 21.6 Å². The van der Waals surface area contributed by atoms with Gasteiger partial charge in [0.2, 0.25) is 11.8 Å². The average Bonchev–Trinajstić information content (AvgIpc) is 3.24. The van der Waals surface area contributed by atoms with Crippen molar-refractivity contribution >= 4 is 53.0 Å². The molecule has 4 fully saturated rings. The van der Waals surface area contributed by atoms with Gasteiger partial charge in [0, 0.05) is 69.4 Å². The van der Waals surface area contributed by atoms with Crippen LogP contribution in [0.3, 0.4) is 0 Å². The summed E-state index contributed by atoms with van der Waals surface area (Å²) >= 11 is 6.14. The normalized spacial score (nSPS) is 21.6. The molecule has 0 bridgehead atoms. The summed E-state index contributed by atoms with van der Waals surface area (Å²) in [6, 6.07) is 9.21. The number of nitrogens with one attached hydrogen (secondary N) is 3. The van der Waals surface area contributed by atoms with Gasteiger partial charge in [0.05, 0.1) is 40.3 Å². The van der Waals surface area contributed by atoms with E-state index in [9.17, 15) is 24.0 Å². The standard InChI is InChI=1S/C42H47ClFN9O6/c1-51(36-8-9-39(55)50-41(36)57)42(58)32-20-37(34(44)18-26(32)24-54)52-14-10-28(11-15-52)48-29-12-16-53(17-13-29)38-23-46-35(22-47-38)40(56)49-27-3-6-30(7-4-27)59-31-5-2-25(21-45)33(43)19-31/h2,5,18-20,22-24,27-30,36,48H,3-4,6-17H2,1H3,(H,49,56)(H,50,55,57). The van der Waals surface area contributed by atoms with Crippen LogP contribution in [-0.2, 0) is 9.59 Å². The highest BCUT2D eigenvalue weighted by Gasteiger charge is 2.34. The highest BCUT2D eigenvalue weighted by atomic mass is 35.5. The van der Waals surface area contributed by atoms with Gasteiger partial charge >= 0.3 is 0 Å². The van der Waals surface area contributed by atoms with E-state index < -0.39 is 29.6 Å². The van der Waals surface area contributed by atoms with Crippen LogP contribution in [0.1, 0.15) is 101 Å². The third kappa shape index (κ3) is 9.80. The molecule has 1 unspecified atom stereocenters. The van der Waals surface area contributed by atoms with Crippen molar-refractivity contribution in [2.24, 2.45) is 0 Å². The molecule has 1 saturated carbocycles.